The van der Waals surface area contributed by atoms with Gasteiger partial charge in [-0.2, -0.15) is 0 Å². The first-order chi connectivity index (χ1) is 6.77. The van der Waals surface area contributed by atoms with Gasteiger partial charge in [0.05, 0.1) is 6.04 Å². The molecule has 0 aliphatic carbocycles. The van der Waals surface area contributed by atoms with E-state index in [2.05, 4.69) is 25.2 Å². The van der Waals surface area contributed by atoms with Gasteiger partial charge in [0, 0.05) is 0 Å². The molecule has 1 atom stereocenters. The molecule has 80 valence electrons. The lowest BCUT2D eigenvalue weighted by Gasteiger charge is -2.14. The Kier molecular flexibility index (Phi) is 4.74. The number of rotatable bonds is 6. The molecule has 0 radical (unpaired) electrons. The average molecular weight is 195 g/mol. The molecule has 1 aromatic rings. The summed E-state index contributed by atoms with van der Waals surface area (Å²) in [7, 11) is 0. The third-order valence-electron chi connectivity index (χ3n) is 2.40. The third-order valence-corrected chi connectivity index (χ3v) is 2.40. The Morgan fingerprint density at radius 3 is 2.64 bits per heavy atom. The fourth-order valence-electron chi connectivity index (χ4n) is 1.64. The number of hydrogen-bond acceptors (Lipinski definition) is 2. The van der Waals surface area contributed by atoms with Crippen LogP contribution in [0.25, 0.3) is 0 Å². The first-order valence-electron chi connectivity index (χ1n) is 5.57. The molecule has 0 fully saturated rings. The Morgan fingerprint density at radius 1 is 1.36 bits per heavy atom. The molecule has 0 spiro atoms. The van der Waals surface area contributed by atoms with Crippen molar-refractivity contribution >= 4 is 0 Å². The number of furan rings is 1. The number of nitrogens with one attached hydrogen (secondary N) is 1. The lowest BCUT2D eigenvalue weighted by Crippen LogP contribution is -2.20. The minimum absolute atomic E-state index is 0.397. The van der Waals surface area contributed by atoms with Gasteiger partial charge < -0.3 is 9.73 Å². The molecule has 0 aliphatic heterocycles. The monoisotopic (exact) mass is 195 g/mol. The molecule has 2 nitrogen and oxygen atoms in total. The predicted molar refractivity (Wildman–Crippen MR) is 59.4 cm³/mol. The molecule has 0 bridgehead atoms. The molecule has 0 amide bonds. The highest BCUT2D eigenvalue weighted by atomic mass is 16.3. The van der Waals surface area contributed by atoms with Gasteiger partial charge in [0.2, 0.25) is 0 Å². The van der Waals surface area contributed by atoms with Gasteiger partial charge in [0.25, 0.3) is 0 Å². The Morgan fingerprint density at radius 2 is 2.14 bits per heavy atom. The minimum atomic E-state index is 0.397. The van der Waals surface area contributed by atoms with Crippen LogP contribution in [-0.2, 0) is 0 Å². The van der Waals surface area contributed by atoms with Crippen molar-refractivity contribution in [1.29, 1.82) is 0 Å². The summed E-state index contributed by atoms with van der Waals surface area (Å²) in [6, 6.07) is 4.51. The van der Waals surface area contributed by atoms with Gasteiger partial charge >= 0.3 is 0 Å². The second-order valence-electron chi connectivity index (χ2n) is 3.70. The highest BCUT2D eigenvalue weighted by Crippen LogP contribution is 2.21. The summed E-state index contributed by atoms with van der Waals surface area (Å²) in [6.45, 7) is 7.34. The van der Waals surface area contributed by atoms with E-state index >= 15 is 0 Å². The van der Waals surface area contributed by atoms with Crippen molar-refractivity contribution in [2.24, 2.45) is 0 Å². The van der Waals surface area contributed by atoms with Crippen molar-refractivity contribution in [1.82, 2.24) is 5.32 Å². The third kappa shape index (κ3) is 3.18. The fraction of sp³-hybridized carbons (Fsp3) is 0.667. The SMILES string of the molecule is CCCCC(NCC)c1ccc(C)o1. The predicted octanol–water partition coefficient (Wildman–Crippen LogP) is 3.43. The van der Waals surface area contributed by atoms with Gasteiger partial charge in [-0.25, -0.2) is 0 Å². The quantitative estimate of drug-likeness (QED) is 0.752. The molecule has 0 saturated heterocycles. The van der Waals surface area contributed by atoms with Crippen molar-refractivity contribution in [3.63, 3.8) is 0 Å². The molecule has 0 saturated carbocycles. The van der Waals surface area contributed by atoms with Crippen LogP contribution in [0.1, 0.15) is 50.7 Å². The summed E-state index contributed by atoms with van der Waals surface area (Å²) in [5, 5.41) is 3.45. The van der Waals surface area contributed by atoms with Crippen LogP contribution in [-0.4, -0.2) is 6.54 Å². The van der Waals surface area contributed by atoms with E-state index in [1.54, 1.807) is 0 Å². The summed E-state index contributed by atoms with van der Waals surface area (Å²) in [4.78, 5) is 0. The van der Waals surface area contributed by atoms with Gasteiger partial charge in [0.15, 0.2) is 0 Å². The molecule has 2 heteroatoms. The maximum absolute atomic E-state index is 5.63. The molecule has 1 aromatic heterocycles. The van der Waals surface area contributed by atoms with E-state index < -0.39 is 0 Å². The molecular formula is C12H21NO. The fourth-order valence-corrected chi connectivity index (χ4v) is 1.64. The van der Waals surface area contributed by atoms with Gasteiger partial charge in [-0.05, 0) is 32.0 Å². The minimum Gasteiger partial charge on any atom is -0.465 e. The van der Waals surface area contributed by atoms with Gasteiger partial charge in [-0.1, -0.05) is 26.7 Å². The second-order valence-corrected chi connectivity index (χ2v) is 3.70. The molecule has 14 heavy (non-hydrogen) atoms. The van der Waals surface area contributed by atoms with E-state index in [1.165, 1.54) is 12.8 Å². The molecule has 1 N–H and O–H groups in total. The molecule has 0 aromatic carbocycles. The number of unbranched alkanes of at least 4 members (excludes halogenated alkanes) is 1. The van der Waals surface area contributed by atoms with Crippen LogP contribution in [0.5, 0.6) is 0 Å². The molecular weight excluding hydrogens is 174 g/mol. The smallest absolute Gasteiger partial charge is 0.121 e. The van der Waals surface area contributed by atoms with Crippen LogP contribution in [0.15, 0.2) is 16.5 Å². The largest absolute Gasteiger partial charge is 0.465 e. The molecule has 0 aliphatic rings. The Hall–Kier alpha value is -0.760. The second kappa shape index (κ2) is 5.86. The maximum atomic E-state index is 5.63. The number of aryl methyl sites for hydroxylation is 1. The van der Waals surface area contributed by atoms with Crippen LogP contribution in [0, 0.1) is 6.92 Å². The zero-order valence-corrected chi connectivity index (χ0v) is 9.47. The van der Waals surface area contributed by atoms with Crippen LogP contribution in [0.2, 0.25) is 0 Å². The van der Waals surface area contributed by atoms with E-state index in [9.17, 15) is 0 Å². The van der Waals surface area contributed by atoms with Crippen LogP contribution in [0.4, 0.5) is 0 Å². The summed E-state index contributed by atoms with van der Waals surface area (Å²) >= 11 is 0. The van der Waals surface area contributed by atoms with Gasteiger partial charge in [-0.3, -0.25) is 0 Å². The zero-order valence-electron chi connectivity index (χ0n) is 9.47. The lowest BCUT2D eigenvalue weighted by molar-refractivity contribution is 0.383. The normalized spacial score (nSPS) is 13.1. The first-order valence-corrected chi connectivity index (χ1v) is 5.57. The first kappa shape index (κ1) is 11.3. The van der Waals surface area contributed by atoms with Crippen molar-refractivity contribution < 1.29 is 4.42 Å². The summed E-state index contributed by atoms with van der Waals surface area (Å²) < 4.78 is 5.63. The van der Waals surface area contributed by atoms with Gasteiger partial charge in [-0.15, -0.1) is 0 Å². The summed E-state index contributed by atoms with van der Waals surface area (Å²) in [5.41, 5.74) is 0. The zero-order chi connectivity index (χ0) is 10.4. The average Bonchev–Trinajstić information content (AvgIpc) is 2.59. The summed E-state index contributed by atoms with van der Waals surface area (Å²) in [6.07, 6.45) is 3.65. The lowest BCUT2D eigenvalue weighted by atomic mass is 10.1. The maximum Gasteiger partial charge on any atom is 0.121 e. The van der Waals surface area contributed by atoms with E-state index in [1.807, 2.05) is 13.0 Å². The van der Waals surface area contributed by atoms with Gasteiger partial charge in [0.1, 0.15) is 11.5 Å². The Labute approximate surface area is 86.7 Å². The van der Waals surface area contributed by atoms with E-state index in [0.29, 0.717) is 6.04 Å². The van der Waals surface area contributed by atoms with Crippen molar-refractivity contribution in [2.45, 2.75) is 46.1 Å². The van der Waals surface area contributed by atoms with Crippen LogP contribution >= 0.6 is 0 Å². The molecule has 1 rings (SSSR count). The summed E-state index contributed by atoms with van der Waals surface area (Å²) in [5.74, 6) is 2.08. The van der Waals surface area contributed by atoms with E-state index in [4.69, 9.17) is 4.42 Å². The van der Waals surface area contributed by atoms with Crippen molar-refractivity contribution in [3.8, 4) is 0 Å². The van der Waals surface area contributed by atoms with E-state index in [-0.39, 0.29) is 0 Å². The molecule has 1 heterocycles. The highest BCUT2D eigenvalue weighted by molar-refractivity contribution is 5.09. The molecule has 1 unspecified atom stereocenters. The number of hydrogen-bond donors (Lipinski definition) is 1. The van der Waals surface area contributed by atoms with E-state index in [0.717, 1.165) is 24.5 Å². The van der Waals surface area contributed by atoms with Crippen molar-refractivity contribution in [2.75, 3.05) is 6.54 Å². The van der Waals surface area contributed by atoms with Crippen LogP contribution in [0.3, 0.4) is 0 Å². The topological polar surface area (TPSA) is 25.2 Å². The Bertz CT molecular complexity index is 255. The highest BCUT2D eigenvalue weighted by Gasteiger charge is 2.12. The van der Waals surface area contributed by atoms with Crippen LogP contribution < -0.4 is 5.32 Å². The van der Waals surface area contributed by atoms with Crippen molar-refractivity contribution in [3.05, 3.63) is 23.7 Å². The Balaban J connectivity index is 2.57. The standard InChI is InChI=1S/C12H21NO/c1-4-6-7-11(13-5-2)12-9-8-10(3)14-12/h8-9,11,13H,4-7H2,1-3H3.